The monoisotopic (exact) mass is 341 g/mol. The van der Waals surface area contributed by atoms with Crippen LogP contribution in [0.2, 0.25) is 5.02 Å². The molecule has 1 unspecified atom stereocenters. The van der Waals surface area contributed by atoms with Crippen LogP contribution in [0.4, 0.5) is 4.39 Å². The van der Waals surface area contributed by atoms with Gasteiger partial charge >= 0.3 is 0 Å². The SMILES string of the molecule is CC(NCc1ccc(Cl)cc1F)c1ccc(Br)cc1. The van der Waals surface area contributed by atoms with Crippen molar-refractivity contribution < 1.29 is 4.39 Å². The van der Waals surface area contributed by atoms with Crippen molar-refractivity contribution in [2.45, 2.75) is 19.5 Å². The fourth-order valence-electron chi connectivity index (χ4n) is 1.80. The number of halogens is 3. The quantitative estimate of drug-likeness (QED) is 0.816. The lowest BCUT2D eigenvalue weighted by Crippen LogP contribution is -2.18. The van der Waals surface area contributed by atoms with E-state index in [2.05, 4.69) is 28.2 Å². The predicted molar refractivity (Wildman–Crippen MR) is 80.8 cm³/mol. The fraction of sp³-hybridized carbons (Fsp3) is 0.200. The lowest BCUT2D eigenvalue weighted by atomic mass is 10.1. The second-order valence-electron chi connectivity index (χ2n) is 4.39. The van der Waals surface area contributed by atoms with Gasteiger partial charge in [-0.25, -0.2) is 4.39 Å². The summed E-state index contributed by atoms with van der Waals surface area (Å²) in [6, 6.07) is 13.0. The molecule has 19 heavy (non-hydrogen) atoms. The smallest absolute Gasteiger partial charge is 0.129 e. The summed E-state index contributed by atoms with van der Waals surface area (Å²) >= 11 is 9.13. The maximum absolute atomic E-state index is 13.6. The first-order valence-electron chi connectivity index (χ1n) is 5.99. The lowest BCUT2D eigenvalue weighted by molar-refractivity contribution is 0.544. The first kappa shape index (κ1) is 14.5. The number of nitrogens with one attached hydrogen (secondary N) is 1. The Hall–Kier alpha value is -0.900. The van der Waals surface area contributed by atoms with Crippen LogP contribution in [0, 0.1) is 5.82 Å². The molecule has 0 aliphatic heterocycles. The molecular formula is C15H14BrClFN. The topological polar surface area (TPSA) is 12.0 Å². The molecule has 0 aliphatic carbocycles. The van der Waals surface area contributed by atoms with E-state index >= 15 is 0 Å². The number of benzene rings is 2. The highest BCUT2D eigenvalue weighted by atomic mass is 79.9. The highest BCUT2D eigenvalue weighted by Gasteiger charge is 2.07. The van der Waals surface area contributed by atoms with Crippen LogP contribution >= 0.6 is 27.5 Å². The zero-order valence-electron chi connectivity index (χ0n) is 10.5. The molecule has 0 amide bonds. The summed E-state index contributed by atoms with van der Waals surface area (Å²) in [7, 11) is 0. The molecule has 1 nitrogen and oxygen atoms in total. The molecular weight excluding hydrogens is 329 g/mol. The third-order valence-corrected chi connectivity index (χ3v) is 3.75. The van der Waals surface area contributed by atoms with Crippen molar-refractivity contribution >= 4 is 27.5 Å². The molecule has 2 rings (SSSR count). The zero-order valence-corrected chi connectivity index (χ0v) is 12.8. The van der Waals surface area contributed by atoms with E-state index < -0.39 is 0 Å². The number of rotatable bonds is 4. The highest BCUT2D eigenvalue weighted by molar-refractivity contribution is 9.10. The minimum atomic E-state index is -0.275. The molecule has 0 heterocycles. The Labute approximate surface area is 125 Å². The minimum absolute atomic E-state index is 0.156. The van der Waals surface area contributed by atoms with E-state index in [9.17, 15) is 4.39 Å². The van der Waals surface area contributed by atoms with Gasteiger partial charge in [0, 0.05) is 27.6 Å². The first-order valence-corrected chi connectivity index (χ1v) is 7.16. The van der Waals surface area contributed by atoms with Gasteiger partial charge in [0.2, 0.25) is 0 Å². The highest BCUT2D eigenvalue weighted by Crippen LogP contribution is 2.18. The maximum Gasteiger partial charge on any atom is 0.129 e. The summed E-state index contributed by atoms with van der Waals surface area (Å²) < 4.78 is 14.7. The number of hydrogen-bond acceptors (Lipinski definition) is 1. The Morgan fingerprint density at radius 3 is 2.53 bits per heavy atom. The molecule has 0 aliphatic rings. The standard InChI is InChI=1S/C15H14BrClFN/c1-10(11-2-5-13(16)6-3-11)19-9-12-4-7-14(17)8-15(12)18/h2-8,10,19H,9H2,1H3. The van der Waals surface area contributed by atoms with Gasteiger partial charge in [-0.15, -0.1) is 0 Å². The molecule has 1 atom stereocenters. The summed E-state index contributed by atoms with van der Waals surface area (Å²) in [5, 5.41) is 3.72. The average molecular weight is 343 g/mol. The third-order valence-electron chi connectivity index (χ3n) is 2.98. The molecule has 0 fully saturated rings. The van der Waals surface area contributed by atoms with Gasteiger partial charge in [0.15, 0.2) is 0 Å². The van der Waals surface area contributed by atoms with Crippen LogP contribution in [0.1, 0.15) is 24.1 Å². The van der Waals surface area contributed by atoms with Gasteiger partial charge in [-0.05, 0) is 36.8 Å². The van der Waals surface area contributed by atoms with Crippen LogP contribution in [-0.4, -0.2) is 0 Å². The second kappa shape index (κ2) is 6.51. The van der Waals surface area contributed by atoms with E-state index in [4.69, 9.17) is 11.6 Å². The van der Waals surface area contributed by atoms with Crippen molar-refractivity contribution in [2.75, 3.05) is 0 Å². The summed E-state index contributed by atoms with van der Waals surface area (Å²) in [5.41, 5.74) is 1.78. The molecule has 2 aromatic rings. The largest absolute Gasteiger partial charge is 0.306 e. The van der Waals surface area contributed by atoms with E-state index in [-0.39, 0.29) is 11.9 Å². The Bertz CT molecular complexity index is 557. The maximum atomic E-state index is 13.6. The Morgan fingerprint density at radius 1 is 1.21 bits per heavy atom. The predicted octanol–water partition coefficient (Wildman–Crippen LogP) is 5.09. The van der Waals surface area contributed by atoms with Gasteiger partial charge in [0.25, 0.3) is 0 Å². The van der Waals surface area contributed by atoms with E-state index in [1.165, 1.54) is 6.07 Å². The molecule has 0 saturated carbocycles. The molecule has 0 spiro atoms. The Kier molecular flexibility index (Phi) is 4.97. The van der Waals surface area contributed by atoms with Crippen LogP contribution in [0.15, 0.2) is 46.9 Å². The van der Waals surface area contributed by atoms with E-state index in [0.717, 1.165) is 10.0 Å². The van der Waals surface area contributed by atoms with Gasteiger partial charge in [-0.3, -0.25) is 0 Å². The number of hydrogen-bond donors (Lipinski definition) is 1. The lowest BCUT2D eigenvalue weighted by Gasteiger charge is -2.15. The Morgan fingerprint density at radius 2 is 1.89 bits per heavy atom. The van der Waals surface area contributed by atoms with Crippen molar-refractivity contribution in [3.05, 3.63) is 68.9 Å². The normalized spacial score (nSPS) is 12.4. The molecule has 2 aromatic carbocycles. The third kappa shape index (κ3) is 4.03. The molecule has 4 heteroatoms. The van der Waals surface area contributed by atoms with Gasteiger partial charge in [-0.1, -0.05) is 45.7 Å². The summed E-state index contributed by atoms with van der Waals surface area (Å²) in [6.45, 7) is 2.53. The van der Waals surface area contributed by atoms with Crippen molar-refractivity contribution in [3.63, 3.8) is 0 Å². The second-order valence-corrected chi connectivity index (χ2v) is 5.74. The van der Waals surface area contributed by atoms with Crippen molar-refractivity contribution in [1.82, 2.24) is 5.32 Å². The van der Waals surface area contributed by atoms with Crippen LogP contribution in [0.25, 0.3) is 0 Å². The molecule has 1 N–H and O–H groups in total. The first-order chi connectivity index (χ1) is 9.06. The van der Waals surface area contributed by atoms with Crippen LogP contribution < -0.4 is 5.32 Å². The minimum Gasteiger partial charge on any atom is -0.306 e. The van der Waals surface area contributed by atoms with Crippen LogP contribution in [-0.2, 0) is 6.54 Å². The Balaban J connectivity index is 2.00. The molecule has 0 bridgehead atoms. The van der Waals surface area contributed by atoms with Gasteiger partial charge in [-0.2, -0.15) is 0 Å². The van der Waals surface area contributed by atoms with Gasteiger partial charge < -0.3 is 5.32 Å². The summed E-state index contributed by atoms with van der Waals surface area (Å²) in [6.07, 6.45) is 0. The van der Waals surface area contributed by atoms with Gasteiger partial charge in [0.05, 0.1) is 0 Å². The van der Waals surface area contributed by atoms with E-state index in [1.807, 2.05) is 24.3 Å². The van der Waals surface area contributed by atoms with E-state index in [0.29, 0.717) is 17.1 Å². The van der Waals surface area contributed by atoms with Crippen LogP contribution in [0.3, 0.4) is 0 Å². The van der Waals surface area contributed by atoms with Crippen molar-refractivity contribution in [1.29, 1.82) is 0 Å². The fourth-order valence-corrected chi connectivity index (χ4v) is 2.22. The molecule has 100 valence electrons. The summed E-state index contributed by atoms with van der Waals surface area (Å²) in [5.74, 6) is -0.275. The molecule has 0 radical (unpaired) electrons. The van der Waals surface area contributed by atoms with Crippen molar-refractivity contribution in [3.8, 4) is 0 Å². The van der Waals surface area contributed by atoms with Crippen LogP contribution in [0.5, 0.6) is 0 Å². The molecule has 0 aromatic heterocycles. The zero-order chi connectivity index (χ0) is 13.8. The van der Waals surface area contributed by atoms with Crippen molar-refractivity contribution in [2.24, 2.45) is 0 Å². The molecule has 0 saturated heterocycles. The van der Waals surface area contributed by atoms with Gasteiger partial charge in [0.1, 0.15) is 5.82 Å². The van der Waals surface area contributed by atoms with E-state index in [1.54, 1.807) is 12.1 Å². The summed E-state index contributed by atoms with van der Waals surface area (Å²) in [4.78, 5) is 0. The average Bonchev–Trinajstić information content (AvgIpc) is 2.38.